The van der Waals surface area contributed by atoms with Gasteiger partial charge in [0, 0.05) is 0 Å². The highest BCUT2D eigenvalue weighted by Gasteiger charge is 2.09. The van der Waals surface area contributed by atoms with Gasteiger partial charge in [-0.25, -0.2) is 0 Å². The molecule has 0 aromatic carbocycles. The van der Waals surface area contributed by atoms with Crippen molar-refractivity contribution < 1.29 is 0 Å². The van der Waals surface area contributed by atoms with Crippen LogP contribution in [0, 0.1) is 12.0 Å². The zero-order valence-corrected chi connectivity index (χ0v) is 5.86. The summed E-state index contributed by atoms with van der Waals surface area (Å²) in [6.45, 7) is 7.79. The van der Waals surface area contributed by atoms with Crippen molar-refractivity contribution in [2.75, 3.05) is 0 Å². The second-order valence-corrected chi connectivity index (χ2v) is 6.21. The first-order chi connectivity index (χ1) is 3.12. The van der Waals surface area contributed by atoms with E-state index in [0.29, 0.717) is 0 Å². The average molecular weight is 110 g/mol. The molecule has 0 aliphatic heterocycles. The zero-order chi connectivity index (χ0) is 5.91. The van der Waals surface area contributed by atoms with Gasteiger partial charge in [0.2, 0.25) is 0 Å². The van der Waals surface area contributed by atoms with Gasteiger partial charge in [0.05, 0.1) is 0 Å². The van der Waals surface area contributed by atoms with Crippen molar-refractivity contribution >= 4 is 8.07 Å². The van der Waals surface area contributed by atoms with Crippen molar-refractivity contribution in [3.8, 4) is 12.0 Å². The van der Waals surface area contributed by atoms with Crippen LogP contribution in [0.1, 0.15) is 0 Å². The van der Waals surface area contributed by atoms with Crippen LogP contribution in [0.3, 0.4) is 0 Å². The highest BCUT2D eigenvalue weighted by Crippen LogP contribution is 1.97. The third kappa shape index (κ3) is 2.24. The van der Waals surface area contributed by atoms with Crippen LogP contribution in [-0.2, 0) is 0 Å². The highest BCUT2D eigenvalue weighted by molar-refractivity contribution is 6.89. The first-order valence-electron chi connectivity index (χ1n) is 2.24. The van der Waals surface area contributed by atoms with E-state index in [2.05, 4.69) is 25.2 Å². The third-order valence-corrected chi connectivity index (χ3v) is 2.65. The van der Waals surface area contributed by atoms with E-state index in [1.807, 2.05) is 5.70 Å². The first kappa shape index (κ1) is 6.52. The van der Waals surface area contributed by atoms with Crippen LogP contribution >= 0.6 is 0 Å². The predicted octanol–water partition coefficient (Wildman–Crippen LogP) is 1.59. The van der Waals surface area contributed by atoms with E-state index in [4.69, 9.17) is 6.42 Å². The van der Waals surface area contributed by atoms with Gasteiger partial charge in [0.25, 0.3) is 0 Å². The molecule has 0 bridgehead atoms. The van der Waals surface area contributed by atoms with Gasteiger partial charge in [0.1, 0.15) is 0 Å². The Morgan fingerprint density at radius 1 is 1.71 bits per heavy atom. The molecule has 0 aliphatic carbocycles. The monoisotopic (exact) mass is 110 g/mol. The van der Waals surface area contributed by atoms with Gasteiger partial charge >= 0.3 is 0 Å². The Balaban J connectivity index is 3.91. The van der Waals surface area contributed by atoms with Crippen LogP contribution in [0.2, 0.25) is 13.1 Å². The van der Waals surface area contributed by atoms with Crippen LogP contribution in [0.15, 0.2) is 12.3 Å². The topological polar surface area (TPSA) is 0 Å². The van der Waals surface area contributed by atoms with Crippen LogP contribution < -0.4 is 0 Å². The number of hydrogen-bond donors (Lipinski definition) is 0. The maximum absolute atomic E-state index is 5.16. The van der Waals surface area contributed by atoms with E-state index < -0.39 is 8.07 Å². The Labute approximate surface area is 46.3 Å². The van der Waals surface area contributed by atoms with Crippen LogP contribution in [0.25, 0.3) is 0 Å². The van der Waals surface area contributed by atoms with Crippen molar-refractivity contribution in [1.82, 2.24) is 0 Å². The Morgan fingerprint density at radius 2 is 2.14 bits per heavy atom. The fraction of sp³-hybridized carbons (Fsp3) is 0.333. The largest absolute Gasteiger partial charge is 0.154 e. The molecule has 0 nitrogen and oxygen atoms in total. The number of rotatable bonds is 1. The molecule has 0 N–H and O–H groups in total. The SMILES string of the molecule is C#C[Si](C)(C)C=C. The molecular weight excluding hydrogens is 100 g/mol. The van der Waals surface area contributed by atoms with Crippen molar-refractivity contribution in [3.05, 3.63) is 12.3 Å². The molecule has 0 aromatic rings. The fourth-order valence-corrected chi connectivity index (χ4v) is 0.177. The van der Waals surface area contributed by atoms with Crippen molar-refractivity contribution in [2.24, 2.45) is 0 Å². The van der Waals surface area contributed by atoms with E-state index in [9.17, 15) is 0 Å². The van der Waals surface area contributed by atoms with Gasteiger partial charge in [-0.05, 0) is 0 Å². The Bertz CT molecular complexity index is 106. The lowest BCUT2D eigenvalue weighted by molar-refractivity contribution is 1.90. The van der Waals surface area contributed by atoms with Gasteiger partial charge in [0.15, 0.2) is 8.07 Å². The Hall–Kier alpha value is -0.483. The van der Waals surface area contributed by atoms with E-state index in [-0.39, 0.29) is 0 Å². The normalized spacial score (nSPS) is 9.86. The van der Waals surface area contributed by atoms with E-state index in [1.165, 1.54) is 0 Å². The summed E-state index contributed by atoms with van der Waals surface area (Å²) in [7, 11) is -1.36. The lowest BCUT2D eigenvalue weighted by atomic mass is 11.3. The van der Waals surface area contributed by atoms with Gasteiger partial charge < -0.3 is 0 Å². The molecule has 0 amide bonds. The minimum absolute atomic E-state index is 1.36. The van der Waals surface area contributed by atoms with Crippen LogP contribution in [-0.4, -0.2) is 8.07 Å². The van der Waals surface area contributed by atoms with Crippen LogP contribution in [0.5, 0.6) is 0 Å². The molecule has 0 unspecified atom stereocenters. The van der Waals surface area contributed by atoms with Crippen molar-refractivity contribution in [3.63, 3.8) is 0 Å². The summed E-state index contributed by atoms with van der Waals surface area (Å²) in [5.41, 5.74) is 4.61. The molecular formula is C6H10Si. The van der Waals surface area contributed by atoms with Crippen molar-refractivity contribution in [1.29, 1.82) is 0 Å². The highest BCUT2D eigenvalue weighted by atomic mass is 28.3. The maximum Gasteiger partial charge on any atom is 0.154 e. The molecule has 0 atom stereocenters. The summed E-state index contributed by atoms with van der Waals surface area (Å²) >= 11 is 0. The van der Waals surface area contributed by atoms with E-state index in [0.717, 1.165) is 0 Å². The molecule has 0 aromatic heterocycles. The summed E-state index contributed by atoms with van der Waals surface area (Å²) in [4.78, 5) is 0. The summed E-state index contributed by atoms with van der Waals surface area (Å²) in [6.07, 6.45) is 5.16. The second kappa shape index (κ2) is 1.99. The first-order valence-corrected chi connectivity index (χ1v) is 5.31. The summed E-state index contributed by atoms with van der Waals surface area (Å²) in [6, 6.07) is 0. The molecule has 38 valence electrons. The standard InChI is InChI=1S/C6H10Si/c1-5-7(3,4)6-2/h1,6H,2H2,3-4H3. The lowest BCUT2D eigenvalue weighted by Gasteiger charge is -2.03. The van der Waals surface area contributed by atoms with Gasteiger partial charge in [-0.1, -0.05) is 18.8 Å². The molecule has 0 aliphatic rings. The van der Waals surface area contributed by atoms with Gasteiger partial charge in [-0.3, -0.25) is 0 Å². The molecule has 7 heavy (non-hydrogen) atoms. The van der Waals surface area contributed by atoms with E-state index >= 15 is 0 Å². The van der Waals surface area contributed by atoms with Gasteiger partial charge in [-0.15, -0.1) is 18.5 Å². The Kier molecular flexibility index (Phi) is 1.85. The van der Waals surface area contributed by atoms with E-state index in [1.54, 1.807) is 0 Å². The Morgan fingerprint density at radius 3 is 2.14 bits per heavy atom. The maximum atomic E-state index is 5.16. The predicted molar refractivity (Wildman–Crippen MR) is 36.5 cm³/mol. The molecule has 1 heteroatoms. The second-order valence-electron chi connectivity index (χ2n) is 2.07. The molecule has 0 heterocycles. The van der Waals surface area contributed by atoms with Crippen LogP contribution in [0.4, 0.5) is 0 Å². The molecule has 0 fully saturated rings. The fourth-order valence-electron chi connectivity index (χ4n) is 0.0589. The molecule has 0 spiro atoms. The molecule has 0 saturated carbocycles. The number of terminal acetylenes is 1. The average Bonchev–Trinajstić information content (AvgIpc) is 1.68. The molecule has 0 saturated heterocycles. The van der Waals surface area contributed by atoms with Gasteiger partial charge in [-0.2, -0.15) is 0 Å². The smallest absolute Gasteiger partial charge is 0.130 e. The minimum atomic E-state index is -1.36. The quantitative estimate of drug-likeness (QED) is 0.355. The summed E-state index contributed by atoms with van der Waals surface area (Å²) in [5, 5.41) is 0. The molecule has 0 radical (unpaired) electrons. The van der Waals surface area contributed by atoms with Crippen molar-refractivity contribution in [2.45, 2.75) is 13.1 Å². The minimum Gasteiger partial charge on any atom is -0.130 e. The lowest BCUT2D eigenvalue weighted by Crippen LogP contribution is -2.18. The molecule has 0 rings (SSSR count). The summed E-state index contributed by atoms with van der Waals surface area (Å²) < 4.78 is 0. The number of hydrogen-bond acceptors (Lipinski definition) is 0. The zero-order valence-electron chi connectivity index (χ0n) is 4.86. The third-order valence-electron chi connectivity index (χ3n) is 0.882. The summed E-state index contributed by atoms with van der Waals surface area (Å²) in [5.74, 6) is 0.